The Morgan fingerprint density at radius 3 is 2.70 bits per heavy atom. The Hall–Kier alpha value is -3.36. The molecule has 6 atom stereocenters. The number of H-pyrrole nitrogens is 1. The molecule has 0 bridgehead atoms. The van der Waals surface area contributed by atoms with Gasteiger partial charge in [0.1, 0.15) is 23.0 Å². The summed E-state index contributed by atoms with van der Waals surface area (Å²) in [4.78, 5) is 34.4. The minimum absolute atomic E-state index is 0.0734. The van der Waals surface area contributed by atoms with Crippen LogP contribution in [0.1, 0.15) is 33.9 Å². The summed E-state index contributed by atoms with van der Waals surface area (Å²) >= 11 is 0. The normalized spacial score (nSPS) is 25.1. The molecule has 4 rings (SSSR count). The van der Waals surface area contributed by atoms with E-state index >= 15 is 4.39 Å². The number of nitrogens with one attached hydrogen (secondary N) is 2. The van der Waals surface area contributed by atoms with Crippen molar-refractivity contribution in [1.82, 2.24) is 24.6 Å². The van der Waals surface area contributed by atoms with Crippen LogP contribution in [0.15, 0.2) is 41.5 Å². The Bertz CT molecular complexity index is 1450. The number of anilines is 1. The first kappa shape index (κ1) is 29.6. The fourth-order valence-electron chi connectivity index (χ4n) is 4.18. The predicted octanol–water partition coefficient (Wildman–Crippen LogP) is 2.07. The number of para-hydroxylation sites is 1. The molecule has 3 aromatic rings. The van der Waals surface area contributed by atoms with Crippen molar-refractivity contribution < 1.29 is 37.4 Å². The first-order valence-electron chi connectivity index (χ1n) is 12.5. The monoisotopic (exact) mass is 582 g/mol. The lowest BCUT2D eigenvalue weighted by Gasteiger charge is -2.30. The molecule has 1 fully saturated rings. The molecule has 14 nitrogen and oxygen atoms in total. The molecule has 16 heteroatoms. The maximum atomic E-state index is 15.9. The highest BCUT2D eigenvalue weighted by atomic mass is 31.2. The number of benzene rings is 1. The molecule has 1 aliphatic heterocycles. The van der Waals surface area contributed by atoms with E-state index in [-0.39, 0.29) is 22.7 Å². The average Bonchev–Trinajstić information content (AvgIpc) is 3.42. The molecule has 3 heterocycles. The third kappa shape index (κ3) is 6.03. The number of hydrogen-bond acceptors (Lipinski definition) is 11. The number of carbonyl (C=O) groups is 1. The SMILES string of the molecule is CC(C)OC(=O)[C@H](C)NP(=O)(OC[C@H]1O[C@@H](n2cnc3c(N)nc(=O)[nH]c32)C(F)C1(C)CO)Oc1ccccc1. The molecule has 0 radical (unpaired) electrons. The van der Waals surface area contributed by atoms with Gasteiger partial charge in [-0.25, -0.2) is 18.7 Å². The van der Waals surface area contributed by atoms with E-state index in [1.807, 2.05) is 0 Å². The molecule has 1 aliphatic rings. The van der Waals surface area contributed by atoms with Crippen LogP contribution in [0.5, 0.6) is 5.75 Å². The van der Waals surface area contributed by atoms with E-state index in [4.69, 9.17) is 24.3 Å². The van der Waals surface area contributed by atoms with Gasteiger partial charge >= 0.3 is 19.4 Å². The average molecular weight is 583 g/mol. The Morgan fingerprint density at radius 1 is 1.35 bits per heavy atom. The van der Waals surface area contributed by atoms with Crippen LogP contribution in [0, 0.1) is 5.41 Å². The number of nitrogen functional groups attached to an aromatic ring is 1. The molecule has 0 amide bonds. The van der Waals surface area contributed by atoms with Crippen molar-refractivity contribution in [3.8, 4) is 5.75 Å². The molecule has 3 unspecified atom stereocenters. The summed E-state index contributed by atoms with van der Waals surface area (Å²) in [6, 6.07) is 7.01. The fourth-order valence-corrected chi connectivity index (χ4v) is 5.67. The predicted molar refractivity (Wildman–Crippen MR) is 141 cm³/mol. The number of aliphatic hydroxyl groups is 1. The van der Waals surface area contributed by atoms with Crippen molar-refractivity contribution in [2.24, 2.45) is 5.41 Å². The molecule has 1 saturated heterocycles. The summed E-state index contributed by atoms with van der Waals surface area (Å²) in [5, 5.41) is 12.7. The van der Waals surface area contributed by atoms with Gasteiger partial charge in [-0.2, -0.15) is 10.1 Å². The third-order valence-corrected chi connectivity index (χ3v) is 8.08. The number of esters is 1. The van der Waals surface area contributed by atoms with Crippen molar-refractivity contribution in [2.45, 2.75) is 58.3 Å². The molecule has 0 aliphatic carbocycles. The minimum Gasteiger partial charge on any atom is -0.462 e. The van der Waals surface area contributed by atoms with Gasteiger partial charge in [0.15, 0.2) is 18.2 Å². The van der Waals surface area contributed by atoms with Crippen LogP contribution in [0.2, 0.25) is 0 Å². The van der Waals surface area contributed by atoms with Gasteiger partial charge in [-0.05, 0) is 32.9 Å². The molecule has 40 heavy (non-hydrogen) atoms. The number of fused-ring (bicyclic) bond motifs is 1. The van der Waals surface area contributed by atoms with Gasteiger partial charge in [-0.15, -0.1) is 0 Å². The highest BCUT2D eigenvalue weighted by Crippen LogP contribution is 2.50. The highest BCUT2D eigenvalue weighted by Gasteiger charge is 2.56. The first-order chi connectivity index (χ1) is 18.9. The maximum absolute atomic E-state index is 15.9. The summed E-state index contributed by atoms with van der Waals surface area (Å²) in [6.07, 6.45) is -3.54. The van der Waals surface area contributed by atoms with E-state index in [1.54, 1.807) is 32.0 Å². The number of aliphatic hydroxyl groups excluding tert-OH is 1. The number of aromatic amines is 1. The van der Waals surface area contributed by atoms with Crippen molar-refractivity contribution in [3.63, 3.8) is 0 Å². The molecule has 2 aromatic heterocycles. The Kier molecular flexibility index (Phi) is 8.61. The number of ether oxygens (including phenoxy) is 2. The summed E-state index contributed by atoms with van der Waals surface area (Å²) in [6.45, 7) is 5.02. The van der Waals surface area contributed by atoms with Gasteiger partial charge in [0.05, 0.1) is 37.2 Å². The van der Waals surface area contributed by atoms with Crippen LogP contribution >= 0.6 is 7.75 Å². The number of aromatic nitrogens is 4. The number of hydrogen-bond donors (Lipinski definition) is 4. The lowest BCUT2D eigenvalue weighted by atomic mass is 9.82. The van der Waals surface area contributed by atoms with Crippen LogP contribution < -0.4 is 21.0 Å². The van der Waals surface area contributed by atoms with Crippen LogP contribution in [0.3, 0.4) is 0 Å². The van der Waals surface area contributed by atoms with Crippen molar-refractivity contribution >= 4 is 30.7 Å². The molecule has 1 aromatic carbocycles. The lowest BCUT2D eigenvalue weighted by Crippen LogP contribution is -2.42. The van der Waals surface area contributed by atoms with E-state index in [1.165, 1.54) is 36.9 Å². The van der Waals surface area contributed by atoms with Crippen molar-refractivity contribution in [2.75, 3.05) is 18.9 Å². The number of nitrogens with two attached hydrogens (primary N) is 1. The molecule has 0 saturated carbocycles. The van der Waals surface area contributed by atoms with Gasteiger partial charge in [0.2, 0.25) is 0 Å². The van der Waals surface area contributed by atoms with E-state index in [0.717, 1.165) is 0 Å². The van der Waals surface area contributed by atoms with Gasteiger partial charge in [0, 0.05) is 0 Å². The number of rotatable bonds is 11. The standard InChI is InChI=1S/C24H32FN6O8P/c1-13(2)37-22(33)14(3)30-40(35,39-15-8-6-5-7-9-15)36-10-16-24(4,11-32)18(25)21(38-16)31-12-27-17-19(26)28-23(34)29-20(17)31/h5-9,12-14,16,18,21,32H,10-11H2,1-4H3,(H,30,35)(H3,26,28,29,34)/t14-,16+,18?,21+,24?,40?/m0/s1. The Balaban J connectivity index is 1.59. The summed E-state index contributed by atoms with van der Waals surface area (Å²) in [5.41, 5.74) is 3.67. The quantitative estimate of drug-likeness (QED) is 0.190. The van der Waals surface area contributed by atoms with Crippen molar-refractivity contribution in [3.05, 3.63) is 47.1 Å². The zero-order chi connectivity index (χ0) is 29.2. The van der Waals surface area contributed by atoms with Crippen LogP contribution in [0.25, 0.3) is 11.2 Å². The third-order valence-electron chi connectivity index (χ3n) is 6.44. The molecular weight excluding hydrogens is 550 g/mol. The fraction of sp³-hybridized carbons (Fsp3) is 0.500. The first-order valence-corrected chi connectivity index (χ1v) is 14.0. The molecule has 0 spiro atoms. The maximum Gasteiger partial charge on any atom is 0.459 e. The summed E-state index contributed by atoms with van der Waals surface area (Å²) in [7, 11) is -4.29. The minimum atomic E-state index is -4.29. The topological polar surface area (TPSA) is 193 Å². The van der Waals surface area contributed by atoms with Crippen LogP contribution in [-0.2, 0) is 23.4 Å². The number of imidazole rings is 1. The van der Waals surface area contributed by atoms with E-state index in [0.29, 0.717) is 0 Å². The largest absolute Gasteiger partial charge is 0.462 e. The van der Waals surface area contributed by atoms with Crippen LogP contribution in [-0.4, -0.2) is 68.2 Å². The van der Waals surface area contributed by atoms with Gasteiger partial charge in [-0.3, -0.25) is 18.9 Å². The second-order valence-electron chi connectivity index (χ2n) is 9.89. The zero-order valence-electron chi connectivity index (χ0n) is 22.3. The number of alkyl halides is 1. The van der Waals surface area contributed by atoms with Gasteiger partial charge < -0.3 is 24.8 Å². The Morgan fingerprint density at radius 2 is 2.05 bits per heavy atom. The molecule has 5 N–H and O–H groups in total. The van der Waals surface area contributed by atoms with Gasteiger partial charge in [0.25, 0.3) is 0 Å². The smallest absolute Gasteiger partial charge is 0.459 e. The summed E-state index contributed by atoms with van der Waals surface area (Å²) in [5.74, 6) is -0.654. The lowest BCUT2D eigenvalue weighted by molar-refractivity contribution is -0.149. The van der Waals surface area contributed by atoms with Crippen LogP contribution in [0.4, 0.5) is 10.2 Å². The summed E-state index contributed by atoms with van der Waals surface area (Å²) < 4.78 is 53.4. The highest BCUT2D eigenvalue weighted by molar-refractivity contribution is 7.52. The van der Waals surface area contributed by atoms with E-state index < -0.39 is 68.7 Å². The number of carbonyl (C=O) groups excluding carboxylic acids is 1. The molecule has 218 valence electrons. The van der Waals surface area contributed by atoms with Gasteiger partial charge in [-0.1, -0.05) is 25.1 Å². The second kappa shape index (κ2) is 11.6. The van der Waals surface area contributed by atoms with E-state index in [2.05, 4.69) is 20.0 Å². The molecular formula is C24H32FN6O8P. The second-order valence-corrected chi connectivity index (χ2v) is 11.6. The number of halogens is 1. The van der Waals surface area contributed by atoms with E-state index in [9.17, 15) is 19.3 Å². The number of nitrogens with zero attached hydrogens (tertiary/aromatic N) is 3. The van der Waals surface area contributed by atoms with Crippen molar-refractivity contribution in [1.29, 1.82) is 0 Å². The zero-order valence-corrected chi connectivity index (χ0v) is 23.2. The Labute approximate surface area is 228 Å².